The number of carbonyl (C=O) groups excluding carboxylic acids is 1. The number of hydrogen-bond acceptors (Lipinski definition) is 4. The number of nitrogens with one attached hydrogen (secondary N) is 1. The molecule has 0 spiro atoms. The van der Waals surface area contributed by atoms with E-state index in [1.54, 1.807) is 24.3 Å². The first-order valence-electron chi connectivity index (χ1n) is 7.14. The first-order chi connectivity index (χ1) is 11.5. The summed E-state index contributed by atoms with van der Waals surface area (Å²) >= 11 is 5.24. The van der Waals surface area contributed by atoms with Gasteiger partial charge in [0.25, 0.3) is 11.6 Å². The van der Waals surface area contributed by atoms with Gasteiger partial charge in [0.15, 0.2) is 5.11 Å². The minimum absolute atomic E-state index is 0.0699. The first-order valence-corrected chi connectivity index (χ1v) is 7.55. The smallest absolute Gasteiger partial charge is 0.281 e. The predicted octanol–water partition coefficient (Wildman–Crippen LogP) is 3.17. The quantitative estimate of drug-likeness (QED) is 0.402. The van der Waals surface area contributed by atoms with E-state index in [-0.39, 0.29) is 22.4 Å². The molecule has 0 atom stereocenters. The summed E-state index contributed by atoms with van der Waals surface area (Å²) in [4.78, 5) is 24.6. The molecule has 2 aromatic rings. The van der Waals surface area contributed by atoms with Gasteiger partial charge in [0.2, 0.25) is 0 Å². The van der Waals surface area contributed by atoms with E-state index in [1.807, 2.05) is 25.1 Å². The Morgan fingerprint density at radius 2 is 1.96 bits per heavy atom. The van der Waals surface area contributed by atoms with Gasteiger partial charge in [-0.3, -0.25) is 19.8 Å². The first kappa shape index (κ1) is 15.8. The van der Waals surface area contributed by atoms with Gasteiger partial charge in [-0.05, 0) is 49.0 Å². The highest BCUT2D eigenvalue weighted by atomic mass is 32.1. The van der Waals surface area contributed by atoms with Crippen LogP contribution in [0.15, 0.2) is 54.2 Å². The van der Waals surface area contributed by atoms with Crippen molar-refractivity contribution >= 4 is 40.7 Å². The lowest BCUT2D eigenvalue weighted by Crippen LogP contribution is -2.30. The van der Waals surface area contributed by atoms with Gasteiger partial charge in [-0.25, -0.2) is 0 Å². The minimum Gasteiger partial charge on any atom is -0.327 e. The highest BCUT2D eigenvalue weighted by molar-refractivity contribution is 7.80. The lowest BCUT2D eigenvalue weighted by molar-refractivity contribution is -0.385. The molecule has 1 N–H and O–H groups in total. The number of anilines is 1. The molecule has 2 aromatic carbocycles. The van der Waals surface area contributed by atoms with Crippen LogP contribution < -0.4 is 10.2 Å². The summed E-state index contributed by atoms with van der Waals surface area (Å²) in [5.41, 5.74) is 2.13. The fourth-order valence-corrected chi connectivity index (χ4v) is 2.77. The number of nitrogens with zero attached hydrogens (tertiary/aromatic N) is 2. The third-order valence-electron chi connectivity index (χ3n) is 3.57. The van der Waals surface area contributed by atoms with Gasteiger partial charge < -0.3 is 5.32 Å². The van der Waals surface area contributed by atoms with Gasteiger partial charge in [0, 0.05) is 6.07 Å². The maximum Gasteiger partial charge on any atom is 0.281 e. The lowest BCUT2D eigenvalue weighted by atomic mass is 10.1. The molecule has 1 amide bonds. The van der Waals surface area contributed by atoms with Crippen molar-refractivity contribution in [2.75, 3.05) is 4.90 Å². The number of nitro groups is 1. The normalized spacial score (nSPS) is 15.7. The zero-order valence-electron chi connectivity index (χ0n) is 12.7. The van der Waals surface area contributed by atoms with E-state index in [9.17, 15) is 14.9 Å². The van der Waals surface area contributed by atoms with Crippen molar-refractivity contribution in [3.05, 3.63) is 75.5 Å². The maximum atomic E-state index is 12.7. The van der Waals surface area contributed by atoms with E-state index < -0.39 is 4.92 Å². The highest BCUT2D eigenvalue weighted by Crippen LogP contribution is 2.25. The highest BCUT2D eigenvalue weighted by Gasteiger charge is 2.32. The average molecular weight is 339 g/mol. The Morgan fingerprint density at radius 3 is 2.67 bits per heavy atom. The number of aryl methyl sites for hydroxylation is 1. The number of para-hydroxylation sites is 1. The van der Waals surface area contributed by atoms with Crippen LogP contribution in [0.2, 0.25) is 0 Å². The summed E-state index contributed by atoms with van der Waals surface area (Å²) in [6.07, 6.45) is 1.45. The van der Waals surface area contributed by atoms with E-state index in [2.05, 4.69) is 5.32 Å². The zero-order chi connectivity index (χ0) is 17.3. The van der Waals surface area contributed by atoms with E-state index in [0.717, 1.165) is 5.56 Å². The van der Waals surface area contributed by atoms with Crippen LogP contribution in [-0.2, 0) is 4.79 Å². The van der Waals surface area contributed by atoms with E-state index in [4.69, 9.17) is 12.2 Å². The lowest BCUT2D eigenvalue weighted by Gasteiger charge is -2.14. The fourth-order valence-electron chi connectivity index (χ4n) is 2.47. The second-order valence-corrected chi connectivity index (χ2v) is 5.67. The van der Waals surface area contributed by atoms with Gasteiger partial charge >= 0.3 is 0 Å². The molecule has 0 saturated carbocycles. The Kier molecular flexibility index (Phi) is 4.09. The molecule has 3 rings (SSSR count). The molecule has 0 radical (unpaired) electrons. The van der Waals surface area contributed by atoms with E-state index in [0.29, 0.717) is 11.3 Å². The third kappa shape index (κ3) is 2.89. The van der Waals surface area contributed by atoms with Crippen molar-refractivity contribution in [1.29, 1.82) is 0 Å². The fraction of sp³-hybridized carbons (Fsp3) is 0.0588. The Bertz CT molecular complexity index is 892. The van der Waals surface area contributed by atoms with Crippen molar-refractivity contribution in [2.45, 2.75) is 6.92 Å². The SMILES string of the molecule is Cc1cccc(N2C(=O)/C(=C\c3ccccc3[N+](=O)[O-])NC2=S)c1. The number of rotatable bonds is 3. The molecule has 0 aliphatic carbocycles. The molecule has 120 valence electrons. The van der Waals surface area contributed by atoms with Crippen LogP contribution in [0.4, 0.5) is 11.4 Å². The molecule has 6 nitrogen and oxygen atoms in total. The molecule has 1 heterocycles. The number of thiocarbonyl (C=S) groups is 1. The van der Waals surface area contributed by atoms with Crippen molar-refractivity contribution < 1.29 is 9.72 Å². The Balaban J connectivity index is 1.99. The number of nitro benzene ring substituents is 1. The summed E-state index contributed by atoms with van der Waals surface area (Å²) in [6, 6.07) is 13.6. The van der Waals surface area contributed by atoms with Crippen LogP contribution in [0.3, 0.4) is 0 Å². The molecule has 1 aliphatic rings. The molecule has 24 heavy (non-hydrogen) atoms. The minimum atomic E-state index is -0.484. The molecule has 0 bridgehead atoms. The summed E-state index contributed by atoms with van der Waals surface area (Å²) in [7, 11) is 0. The molecule has 1 fully saturated rings. The summed E-state index contributed by atoms with van der Waals surface area (Å²) in [6.45, 7) is 1.92. The van der Waals surface area contributed by atoms with Crippen molar-refractivity contribution in [3.8, 4) is 0 Å². The van der Waals surface area contributed by atoms with Gasteiger partial charge in [0.05, 0.1) is 16.2 Å². The Labute approximate surface area is 143 Å². The van der Waals surface area contributed by atoms with Gasteiger partial charge in [-0.2, -0.15) is 0 Å². The van der Waals surface area contributed by atoms with Crippen molar-refractivity contribution in [1.82, 2.24) is 5.32 Å². The molecule has 0 aromatic heterocycles. The zero-order valence-corrected chi connectivity index (χ0v) is 13.5. The van der Waals surface area contributed by atoms with Gasteiger partial charge in [0.1, 0.15) is 5.70 Å². The topological polar surface area (TPSA) is 75.5 Å². The largest absolute Gasteiger partial charge is 0.327 e. The molecule has 7 heteroatoms. The molecule has 1 aliphatic heterocycles. The summed E-state index contributed by atoms with van der Waals surface area (Å²) in [5, 5.41) is 14.2. The van der Waals surface area contributed by atoms with Crippen molar-refractivity contribution in [3.63, 3.8) is 0 Å². The standard InChI is InChI=1S/C17H13N3O3S/c1-11-5-4-7-13(9-11)19-16(21)14(18-17(19)24)10-12-6-2-3-8-15(12)20(22)23/h2-10H,1H3,(H,18,24)/b14-10+. The van der Waals surface area contributed by atoms with E-state index in [1.165, 1.54) is 17.0 Å². The molecular weight excluding hydrogens is 326 g/mol. The Morgan fingerprint density at radius 1 is 1.21 bits per heavy atom. The molecule has 0 unspecified atom stereocenters. The number of carbonyl (C=O) groups is 1. The van der Waals surface area contributed by atoms with Crippen LogP contribution >= 0.6 is 12.2 Å². The van der Waals surface area contributed by atoms with E-state index >= 15 is 0 Å². The maximum absolute atomic E-state index is 12.7. The van der Waals surface area contributed by atoms with Crippen LogP contribution in [0, 0.1) is 17.0 Å². The third-order valence-corrected chi connectivity index (χ3v) is 3.86. The molecule has 1 saturated heterocycles. The number of amides is 1. The van der Waals surface area contributed by atoms with Gasteiger partial charge in [-0.1, -0.05) is 24.3 Å². The second-order valence-electron chi connectivity index (χ2n) is 5.28. The van der Waals surface area contributed by atoms with Crippen LogP contribution in [-0.4, -0.2) is 15.9 Å². The monoisotopic (exact) mass is 339 g/mol. The average Bonchev–Trinajstić information content (AvgIpc) is 2.81. The molecular formula is C17H13N3O3S. The summed E-state index contributed by atoms with van der Waals surface area (Å²) in [5.74, 6) is -0.344. The predicted molar refractivity (Wildman–Crippen MR) is 95.5 cm³/mol. The van der Waals surface area contributed by atoms with Gasteiger partial charge in [-0.15, -0.1) is 0 Å². The van der Waals surface area contributed by atoms with Crippen LogP contribution in [0.1, 0.15) is 11.1 Å². The van der Waals surface area contributed by atoms with Crippen LogP contribution in [0.25, 0.3) is 6.08 Å². The van der Waals surface area contributed by atoms with Crippen molar-refractivity contribution in [2.24, 2.45) is 0 Å². The summed E-state index contributed by atoms with van der Waals surface area (Å²) < 4.78 is 0. The second kappa shape index (κ2) is 6.21. The van der Waals surface area contributed by atoms with Crippen LogP contribution in [0.5, 0.6) is 0 Å². The Hall–Kier alpha value is -3.06. The number of hydrogen-bond donors (Lipinski definition) is 1. The number of benzene rings is 2.